The van der Waals surface area contributed by atoms with E-state index in [1.807, 2.05) is 13.0 Å². The van der Waals surface area contributed by atoms with Crippen molar-refractivity contribution in [1.29, 1.82) is 0 Å². The van der Waals surface area contributed by atoms with Crippen molar-refractivity contribution in [3.05, 3.63) is 24.8 Å². The van der Waals surface area contributed by atoms with Gasteiger partial charge in [-0.25, -0.2) is 0 Å². The van der Waals surface area contributed by atoms with Crippen LogP contribution in [0.25, 0.3) is 0 Å². The van der Waals surface area contributed by atoms with Crippen molar-refractivity contribution in [1.82, 2.24) is 0 Å². The molecule has 21 heavy (non-hydrogen) atoms. The summed E-state index contributed by atoms with van der Waals surface area (Å²) in [5, 5.41) is 20.5. The lowest BCUT2D eigenvalue weighted by molar-refractivity contribution is -0.183. The van der Waals surface area contributed by atoms with Gasteiger partial charge < -0.3 is 14.9 Å². The molecular weight excluding hydrogens is 268 g/mol. The summed E-state index contributed by atoms with van der Waals surface area (Å²) in [6.45, 7) is 14.5. The van der Waals surface area contributed by atoms with Gasteiger partial charge in [-0.1, -0.05) is 25.2 Å². The lowest BCUT2D eigenvalue weighted by atomic mass is 9.58. The van der Waals surface area contributed by atoms with E-state index >= 15 is 0 Å². The summed E-state index contributed by atoms with van der Waals surface area (Å²) >= 11 is 0. The summed E-state index contributed by atoms with van der Waals surface area (Å²) in [6, 6.07) is 0. The second-order valence-corrected chi connectivity index (χ2v) is 6.73. The number of ether oxygens (including phenoxy) is 1. The molecule has 2 N–H and O–H groups in total. The van der Waals surface area contributed by atoms with Crippen molar-refractivity contribution in [2.75, 3.05) is 6.61 Å². The van der Waals surface area contributed by atoms with Crippen LogP contribution in [0, 0.1) is 17.3 Å². The molecule has 0 heterocycles. The predicted octanol–water partition coefficient (Wildman–Crippen LogP) is 2.46. The fourth-order valence-corrected chi connectivity index (χ4v) is 3.72. The molecule has 1 rings (SSSR count). The molecule has 0 aromatic carbocycles. The predicted molar refractivity (Wildman–Crippen MR) is 82.6 cm³/mol. The Morgan fingerprint density at radius 2 is 2.10 bits per heavy atom. The van der Waals surface area contributed by atoms with E-state index in [0.717, 1.165) is 12.0 Å². The Kier molecular flexibility index (Phi) is 5.40. The molecule has 5 atom stereocenters. The number of hydrogen-bond donors (Lipinski definition) is 2. The van der Waals surface area contributed by atoms with Gasteiger partial charge in [-0.15, -0.1) is 6.58 Å². The van der Waals surface area contributed by atoms with E-state index in [1.165, 1.54) is 6.92 Å². The van der Waals surface area contributed by atoms with Gasteiger partial charge in [-0.3, -0.25) is 4.79 Å². The summed E-state index contributed by atoms with van der Waals surface area (Å²) in [5.74, 6) is -0.959. The maximum Gasteiger partial charge on any atom is 0.303 e. The molecule has 0 aromatic heterocycles. The van der Waals surface area contributed by atoms with Gasteiger partial charge in [0, 0.05) is 18.8 Å². The van der Waals surface area contributed by atoms with Gasteiger partial charge in [-0.2, -0.15) is 0 Å². The summed E-state index contributed by atoms with van der Waals surface area (Å²) < 4.78 is 5.32. The molecule has 1 fully saturated rings. The standard InChI is InChI=1S/C17H28O4/c1-7-16(5)9-8-13(15(20)14(16)11(2)3)17(6,10-18)21-12(4)19/h7,13-15,18,20H,1-2,8-10H2,3-6H3. The maximum atomic E-state index is 11.3. The summed E-state index contributed by atoms with van der Waals surface area (Å²) in [4.78, 5) is 11.3. The topological polar surface area (TPSA) is 66.8 Å². The molecular formula is C17H28O4. The largest absolute Gasteiger partial charge is 0.457 e. The number of carbonyl (C=O) groups is 1. The highest BCUT2D eigenvalue weighted by molar-refractivity contribution is 5.66. The molecule has 0 aliphatic heterocycles. The van der Waals surface area contributed by atoms with Gasteiger partial charge in [0.1, 0.15) is 5.60 Å². The van der Waals surface area contributed by atoms with Crippen LogP contribution in [0.15, 0.2) is 24.8 Å². The number of aliphatic hydroxyl groups excluding tert-OH is 2. The molecule has 5 unspecified atom stereocenters. The molecule has 0 spiro atoms. The minimum atomic E-state index is -1.08. The molecule has 1 saturated carbocycles. The number of esters is 1. The smallest absolute Gasteiger partial charge is 0.303 e. The molecule has 4 heteroatoms. The third-order valence-corrected chi connectivity index (χ3v) is 4.93. The Morgan fingerprint density at radius 3 is 2.48 bits per heavy atom. The Hall–Kier alpha value is -1.13. The van der Waals surface area contributed by atoms with Crippen molar-refractivity contribution in [2.45, 2.75) is 52.2 Å². The quantitative estimate of drug-likeness (QED) is 0.604. The van der Waals surface area contributed by atoms with E-state index < -0.39 is 17.7 Å². The third-order valence-electron chi connectivity index (χ3n) is 4.93. The molecule has 0 saturated heterocycles. The van der Waals surface area contributed by atoms with Crippen LogP contribution in [-0.2, 0) is 9.53 Å². The molecule has 1 aliphatic carbocycles. The van der Waals surface area contributed by atoms with Gasteiger partial charge in [0.15, 0.2) is 0 Å². The third kappa shape index (κ3) is 3.38. The van der Waals surface area contributed by atoms with Crippen LogP contribution in [-0.4, -0.2) is 34.5 Å². The van der Waals surface area contributed by atoms with Crippen LogP contribution in [0.5, 0.6) is 0 Å². The van der Waals surface area contributed by atoms with E-state index in [2.05, 4.69) is 20.1 Å². The van der Waals surface area contributed by atoms with E-state index in [-0.39, 0.29) is 23.9 Å². The van der Waals surface area contributed by atoms with Crippen LogP contribution >= 0.6 is 0 Å². The number of rotatable bonds is 5. The lowest BCUT2D eigenvalue weighted by Crippen LogP contribution is -2.55. The highest BCUT2D eigenvalue weighted by atomic mass is 16.6. The van der Waals surface area contributed by atoms with Crippen LogP contribution in [0.1, 0.15) is 40.5 Å². The monoisotopic (exact) mass is 296 g/mol. The normalized spacial score (nSPS) is 35.6. The van der Waals surface area contributed by atoms with Gasteiger partial charge >= 0.3 is 5.97 Å². The van der Waals surface area contributed by atoms with Crippen LogP contribution in [0.4, 0.5) is 0 Å². The molecule has 0 bridgehead atoms. The van der Waals surface area contributed by atoms with Crippen molar-refractivity contribution in [2.24, 2.45) is 17.3 Å². The van der Waals surface area contributed by atoms with Crippen molar-refractivity contribution < 1.29 is 19.7 Å². The van der Waals surface area contributed by atoms with Crippen molar-refractivity contribution in [3.63, 3.8) is 0 Å². The first-order valence-electron chi connectivity index (χ1n) is 7.39. The van der Waals surface area contributed by atoms with E-state index in [0.29, 0.717) is 6.42 Å². The minimum Gasteiger partial charge on any atom is -0.457 e. The molecule has 0 amide bonds. The summed E-state index contributed by atoms with van der Waals surface area (Å²) in [6.07, 6.45) is 2.58. The van der Waals surface area contributed by atoms with E-state index in [4.69, 9.17) is 4.74 Å². The molecule has 0 radical (unpaired) electrons. The van der Waals surface area contributed by atoms with Crippen molar-refractivity contribution in [3.8, 4) is 0 Å². The van der Waals surface area contributed by atoms with Crippen molar-refractivity contribution >= 4 is 5.97 Å². The number of allylic oxidation sites excluding steroid dienone is 1. The molecule has 120 valence electrons. The lowest BCUT2D eigenvalue weighted by Gasteiger charge is -2.51. The van der Waals surface area contributed by atoms with Crippen LogP contribution < -0.4 is 0 Å². The second kappa shape index (κ2) is 6.32. The fourth-order valence-electron chi connectivity index (χ4n) is 3.72. The Labute approximate surface area is 127 Å². The molecule has 1 aliphatic rings. The second-order valence-electron chi connectivity index (χ2n) is 6.73. The Balaban J connectivity index is 3.15. The van der Waals surface area contributed by atoms with Crippen LogP contribution in [0.3, 0.4) is 0 Å². The van der Waals surface area contributed by atoms with E-state index in [9.17, 15) is 15.0 Å². The number of carbonyl (C=O) groups excluding carboxylic acids is 1. The SMILES string of the molecule is C=CC1(C)CCC(C(C)(CO)OC(C)=O)C(O)C1C(=C)C. The zero-order chi connectivity index (χ0) is 16.4. The highest BCUT2D eigenvalue weighted by Crippen LogP contribution is 2.50. The first kappa shape index (κ1) is 17.9. The molecule has 4 nitrogen and oxygen atoms in total. The first-order valence-corrected chi connectivity index (χ1v) is 7.39. The highest BCUT2D eigenvalue weighted by Gasteiger charge is 2.51. The first-order chi connectivity index (χ1) is 9.61. The summed E-state index contributed by atoms with van der Waals surface area (Å²) in [7, 11) is 0. The Morgan fingerprint density at radius 1 is 1.52 bits per heavy atom. The maximum absolute atomic E-state index is 11.3. The fraction of sp³-hybridized carbons (Fsp3) is 0.706. The number of hydrogen-bond acceptors (Lipinski definition) is 4. The minimum absolute atomic E-state index is 0.171. The Bertz CT molecular complexity index is 431. The van der Waals surface area contributed by atoms with Crippen LogP contribution in [0.2, 0.25) is 0 Å². The van der Waals surface area contributed by atoms with Gasteiger partial charge in [-0.05, 0) is 32.1 Å². The van der Waals surface area contributed by atoms with Gasteiger partial charge in [0.25, 0.3) is 0 Å². The zero-order valence-electron chi connectivity index (χ0n) is 13.6. The van der Waals surface area contributed by atoms with Gasteiger partial charge in [0.05, 0.1) is 12.7 Å². The van der Waals surface area contributed by atoms with E-state index in [1.54, 1.807) is 6.92 Å². The summed E-state index contributed by atoms with van der Waals surface area (Å²) in [5.41, 5.74) is -0.451. The average molecular weight is 296 g/mol. The average Bonchev–Trinajstić information content (AvgIpc) is 2.37. The molecule has 0 aromatic rings. The van der Waals surface area contributed by atoms with Gasteiger partial charge in [0.2, 0.25) is 0 Å². The zero-order valence-corrected chi connectivity index (χ0v) is 13.6. The number of aliphatic hydroxyl groups is 2.